The van der Waals surface area contributed by atoms with Gasteiger partial charge in [0.1, 0.15) is 6.04 Å². The molecule has 1 rings (SSSR count). The number of hydrogen-bond acceptors (Lipinski definition) is 2. The monoisotopic (exact) mass is 242 g/mol. The lowest BCUT2D eigenvalue weighted by molar-refractivity contribution is -0.139. The number of likely N-dealkylation sites (tertiary alicyclic amines) is 1. The van der Waals surface area contributed by atoms with E-state index < -0.39 is 12.0 Å². The predicted molar refractivity (Wildman–Crippen MR) is 64.8 cm³/mol. The Bertz CT molecular complexity index is 291. The van der Waals surface area contributed by atoms with Crippen LogP contribution in [0.15, 0.2) is 0 Å². The maximum atomic E-state index is 11.9. The molecule has 5 heteroatoms. The second kappa shape index (κ2) is 5.89. The maximum absolute atomic E-state index is 11.9. The summed E-state index contributed by atoms with van der Waals surface area (Å²) in [6.45, 7) is 6.60. The van der Waals surface area contributed by atoms with Crippen LogP contribution < -0.4 is 5.32 Å². The van der Waals surface area contributed by atoms with Crippen molar-refractivity contribution in [2.45, 2.75) is 52.1 Å². The Morgan fingerprint density at radius 2 is 2.12 bits per heavy atom. The molecule has 98 valence electrons. The van der Waals surface area contributed by atoms with Gasteiger partial charge >= 0.3 is 12.0 Å². The van der Waals surface area contributed by atoms with Crippen molar-refractivity contribution in [3.05, 3.63) is 0 Å². The molecule has 17 heavy (non-hydrogen) atoms. The van der Waals surface area contributed by atoms with E-state index >= 15 is 0 Å². The molecule has 1 aliphatic heterocycles. The molecule has 2 atom stereocenters. The highest BCUT2D eigenvalue weighted by atomic mass is 16.4. The van der Waals surface area contributed by atoms with Gasteiger partial charge in [-0.25, -0.2) is 9.59 Å². The molecule has 2 N–H and O–H groups in total. The lowest BCUT2D eigenvalue weighted by Crippen LogP contribution is -2.49. The maximum Gasteiger partial charge on any atom is 0.326 e. The number of urea groups is 1. The Hall–Kier alpha value is -1.26. The molecule has 2 amide bonds. The fraction of sp³-hybridized carbons (Fsp3) is 0.833. The first-order chi connectivity index (χ1) is 7.91. The predicted octanol–water partition coefficient (Wildman–Crippen LogP) is 1.68. The molecular formula is C12H22N2O3. The van der Waals surface area contributed by atoms with Gasteiger partial charge in [0.05, 0.1) is 0 Å². The summed E-state index contributed by atoms with van der Waals surface area (Å²) in [6, 6.07) is -0.818. The van der Waals surface area contributed by atoms with E-state index in [2.05, 4.69) is 5.32 Å². The summed E-state index contributed by atoms with van der Waals surface area (Å²) in [5, 5.41) is 11.7. The lowest BCUT2D eigenvalue weighted by atomic mass is 10.0. The fourth-order valence-electron chi connectivity index (χ4n) is 2.16. The first-order valence-electron chi connectivity index (χ1n) is 6.21. The van der Waals surface area contributed by atoms with Gasteiger partial charge in [0.2, 0.25) is 0 Å². The molecule has 0 aromatic heterocycles. The number of nitrogens with one attached hydrogen (secondary N) is 1. The number of hydrogen-bond donors (Lipinski definition) is 2. The summed E-state index contributed by atoms with van der Waals surface area (Å²) in [5.41, 5.74) is 0. The van der Waals surface area contributed by atoms with E-state index in [0.29, 0.717) is 6.42 Å². The Labute approximate surface area is 102 Å². The van der Waals surface area contributed by atoms with Crippen molar-refractivity contribution >= 4 is 12.0 Å². The van der Waals surface area contributed by atoms with Gasteiger partial charge in [0.25, 0.3) is 0 Å². The van der Waals surface area contributed by atoms with Gasteiger partial charge in [-0.15, -0.1) is 0 Å². The zero-order chi connectivity index (χ0) is 13.0. The molecule has 0 radical (unpaired) electrons. The van der Waals surface area contributed by atoms with Crippen LogP contribution in [0.4, 0.5) is 4.79 Å². The van der Waals surface area contributed by atoms with E-state index in [1.165, 1.54) is 0 Å². The van der Waals surface area contributed by atoms with E-state index in [0.717, 1.165) is 19.4 Å². The fourth-order valence-corrected chi connectivity index (χ4v) is 2.16. The van der Waals surface area contributed by atoms with Gasteiger partial charge in [0, 0.05) is 12.6 Å². The van der Waals surface area contributed by atoms with Crippen molar-refractivity contribution in [2.24, 2.45) is 5.92 Å². The second-order valence-electron chi connectivity index (χ2n) is 5.15. The highest BCUT2D eigenvalue weighted by Crippen LogP contribution is 2.16. The van der Waals surface area contributed by atoms with Gasteiger partial charge in [-0.3, -0.25) is 0 Å². The SMILES string of the molecule is CC(C)C[C@@H](NC(=O)N1CCCC1C)C(=O)O. The highest BCUT2D eigenvalue weighted by Gasteiger charge is 2.28. The number of carbonyl (C=O) groups excluding carboxylic acids is 1. The standard InChI is InChI=1S/C12H22N2O3/c1-8(2)7-10(11(15)16)13-12(17)14-6-4-5-9(14)3/h8-10H,4-7H2,1-3H3,(H,13,17)(H,15,16)/t9?,10-/m1/s1. The zero-order valence-electron chi connectivity index (χ0n) is 10.8. The van der Waals surface area contributed by atoms with Gasteiger partial charge in [-0.05, 0) is 32.1 Å². The summed E-state index contributed by atoms with van der Waals surface area (Å²) < 4.78 is 0. The molecule has 0 aliphatic carbocycles. The van der Waals surface area contributed by atoms with Crippen LogP contribution in [0.2, 0.25) is 0 Å². The van der Waals surface area contributed by atoms with Crippen molar-refractivity contribution < 1.29 is 14.7 Å². The largest absolute Gasteiger partial charge is 0.480 e. The average molecular weight is 242 g/mol. The van der Waals surface area contributed by atoms with Crippen LogP contribution in [0.5, 0.6) is 0 Å². The molecule has 1 heterocycles. The first kappa shape index (κ1) is 13.8. The molecular weight excluding hydrogens is 220 g/mol. The molecule has 5 nitrogen and oxygen atoms in total. The average Bonchev–Trinajstić information content (AvgIpc) is 2.62. The molecule has 1 fully saturated rings. The van der Waals surface area contributed by atoms with E-state index in [4.69, 9.17) is 5.11 Å². The Morgan fingerprint density at radius 3 is 2.53 bits per heavy atom. The Morgan fingerprint density at radius 1 is 1.47 bits per heavy atom. The van der Waals surface area contributed by atoms with E-state index in [-0.39, 0.29) is 18.0 Å². The summed E-state index contributed by atoms with van der Waals surface area (Å²) in [6.07, 6.45) is 2.45. The second-order valence-corrected chi connectivity index (χ2v) is 5.15. The summed E-state index contributed by atoms with van der Waals surface area (Å²) in [4.78, 5) is 24.7. The number of nitrogens with zero attached hydrogens (tertiary/aromatic N) is 1. The third kappa shape index (κ3) is 3.91. The van der Waals surface area contributed by atoms with Crippen molar-refractivity contribution in [3.63, 3.8) is 0 Å². The number of carboxylic acid groups (broad SMARTS) is 1. The molecule has 1 saturated heterocycles. The number of amides is 2. The Kier molecular flexibility index (Phi) is 4.78. The van der Waals surface area contributed by atoms with E-state index in [1.807, 2.05) is 20.8 Å². The third-order valence-electron chi connectivity index (χ3n) is 3.12. The quantitative estimate of drug-likeness (QED) is 0.788. The van der Waals surface area contributed by atoms with Crippen molar-refractivity contribution in [1.29, 1.82) is 0 Å². The minimum absolute atomic E-state index is 0.212. The highest BCUT2D eigenvalue weighted by molar-refractivity contribution is 5.82. The number of rotatable bonds is 4. The van der Waals surface area contributed by atoms with Crippen LogP contribution in [-0.4, -0.2) is 40.6 Å². The molecule has 1 aliphatic rings. The normalized spacial score (nSPS) is 21.6. The van der Waals surface area contributed by atoms with Crippen LogP contribution >= 0.6 is 0 Å². The van der Waals surface area contributed by atoms with Crippen LogP contribution in [-0.2, 0) is 4.79 Å². The summed E-state index contributed by atoms with van der Waals surface area (Å²) in [5.74, 6) is -0.716. The smallest absolute Gasteiger partial charge is 0.326 e. The summed E-state index contributed by atoms with van der Waals surface area (Å²) in [7, 11) is 0. The first-order valence-corrected chi connectivity index (χ1v) is 6.21. The van der Waals surface area contributed by atoms with Crippen LogP contribution in [0.3, 0.4) is 0 Å². The zero-order valence-corrected chi connectivity index (χ0v) is 10.8. The number of aliphatic carboxylic acids is 1. The minimum atomic E-state index is -0.959. The van der Waals surface area contributed by atoms with Gasteiger partial charge in [-0.2, -0.15) is 0 Å². The van der Waals surface area contributed by atoms with E-state index in [9.17, 15) is 9.59 Å². The number of carboxylic acids is 1. The van der Waals surface area contributed by atoms with Gasteiger partial charge < -0.3 is 15.3 Å². The van der Waals surface area contributed by atoms with E-state index in [1.54, 1.807) is 4.90 Å². The molecule has 0 saturated carbocycles. The van der Waals surface area contributed by atoms with Crippen LogP contribution in [0.25, 0.3) is 0 Å². The third-order valence-corrected chi connectivity index (χ3v) is 3.12. The molecule has 0 aromatic carbocycles. The van der Waals surface area contributed by atoms with Gasteiger partial charge in [0.15, 0.2) is 0 Å². The minimum Gasteiger partial charge on any atom is -0.480 e. The Balaban J connectivity index is 2.54. The molecule has 0 aromatic rings. The van der Waals surface area contributed by atoms with Gasteiger partial charge in [-0.1, -0.05) is 13.8 Å². The molecule has 1 unspecified atom stereocenters. The topological polar surface area (TPSA) is 69.6 Å². The van der Waals surface area contributed by atoms with Crippen LogP contribution in [0, 0.1) is 5.92 Å². The van der Waals surface area contributed by atoms with Crippen LogP contribution in [0.1, 0.15) is 40.0 Å². The molecule has 0 bridgehead atoms. The molecule has 0 spiro atoms. The van der Waals surface area contributed by atoms with Crippen molar-refractivity contribution in [2.75, 3.05) is 6.54 Å². The van der Waals surface area contributed by atoms with Crippen molar-refractivity contribution in [3.8, 4) is 0 Å². The number of carbonyl (C=O) groups is 2. The lowest BCUT2D eigenvalue weighted by Gasteiger charge is -2.25. The van der Waals surface area contributed by atoms with Crippen molar-refractivity contribution in [1.82, 2.24) is 10.2 Å². The summed E-state index contributed by atoms with van der Waals surface area (Å²) >= 11 is 0.